The van der Waals surface area contributed by atoms with Crippen molar-refractivity contribution in [2.24, 2.45) is 23.7 Å². The molecule has 0 bridgehead atoms. The number of carbonyl (C=O) groups excluding carboxylic acids is 1. The number of alkyl halides is 4. The van der Waals surface area contributed by atoms with Crippen LogP contribution in [0, 0.1) is 23.7 Å². The lowest BCUT2D eigenvalue weighted by molar-refractivity contribution is -0.122. The standard InChI is InChI=1S/C26H36F2N4O3S.C18H23ClF2N2O2S/c1-25(2,3)24-30-21-12-20(6-7-22(21)32(24)16-17-8-10-26(27,28)11-9-17)36(34,35)31-14-18(15-31)13-29-23(33)19-4-5-19;1-17(2,3)16-22-14-10-13(26(19,24)25)4-5-15(14)23(16)11-12-6-8-18(20,21)9-7-12/h6-7,12,17-19H,4-5,8-11,13-16H2,1-3H3,(H,29,33);4-5,10,12H,6-9,11H2,1-3H3. The van der Waals surface area contributed by atoms with E-state index >= 15 is 0 Å². The zero-order chi connectivity index (χ0) is 45.2. The van der Waals surface area contributed by atoms with Crippen molar-refractivity contribution in [2.75, 3.05) is 19.6 Å². The van der Waals surface area contributed by atoms with Gasteiger partial charge in [0.05, 0.1) is 31.9 Å². The fourth-order valence-corrected chi connectivity index (χ4v) is 11.2. The molecule has 8 rings (SSSR count). The van der Waals surface area contributed by atoms with E-state index in [2.05, 4.69) is 35.6 Å². The molecule has 3 aliphatic carbocycles. The lowest BCUT2D eigenvalue weighted by Gasteiger charge is -2.38. The van der Waals surface area contributed by atoms with E-state index in [1.807, 2.05) is 25.3 Å². The molecule has 1 amide bonds. The predicted octanol–water partition coefficient (Wildman–Crippen LogP) is 9.39. The van der Waals surface area contributed by atoms with Gasteiger partial charge in [0, 0.05) is 91.8 Å². The average molecular weight is 928 g/mol. The number of nitrogens with zero attached hydrogens (tertiary/aromatic N) is 5. The van der Waals surface area contributed by atoms with Gasteiger partial charge < -0.3 is 14.5 Å². The molecule has 342 valence electrons. The molecule has 18 heteroatoms. The number of amides is 1. The predicted molar refractivity (Wildman–Crippen MR) is 232 cm³/mol. The van der Waals surface area contributed by atoms with Gasteiger partial charge in [-0.25, -0.2) is 44.4 Å². The first-order valence-corrected chi connectivity index (χ1v) is 25.4. The maximum Gasteiger partial charge on any atom is 0.261 e. The van der Waals surface area contributed by atoms with Gasteiger partial charge in [-0.1, -0.05) is 41.5 Å². The van der Waals surface area contributed by atoms with E-state index in [9.17, 15) is 39.2 Å². The lowest BCUT2D eigenvalue weighted by Crippen LogP contribution is -2.53. The summed E-state index contributed by atoms with van der Waals surface area (Å²) in [6.07, 6.45) is 3.46. The highest BCUT2D eigenvalue weighted by Crippen LogP contribution is 2.40. The minimum absolute atomic E-state index is 0.00841. The van der Waals surface area contributed by atoms with Crippen LogP contribution in [0.25, 0.3) is 22.1 Å². The highest BCUT2D eigenvalue weighted by atomic mass is 35.7. The van der Waals surface area contributed by atoms with Crippen molar-refractivity contribution < 1.29 is 39.2 Å². The first-order valence-electron chi connectivity index (χ1n) is 21.7. The van der Waals surface area contributed by atoms with Crippen LogP contribution in [0.2, 0.25) is 0 Å². The van der Waals surface area contributed by atoms with Crippen LogP contribution >= 0.6 is 10.7 Å². The van der Waals surface area contributed by atoms with Crippen LogP contribution in [0.4, 0.5) is 17.6 Å². The summed E-state index contributed by atoms with van der Waals surface area (Å²) >= 11 is 0. The molecule has 4 aromatic rings. The minimum Gasteiger partial charge on any atom is -0.355 e. The zero-order valence-electron chi connectivity index (χ0n) is 36.4. The third kappa shape index (κ3) is 10.6. The Hall–Kier alpha value is -3.28. The van der Waals surface area contributed by atoms with Gasteiger partial charge in [-0.3, -0.25) is 4.79 Å². The summed E-state index contributed by atoms with van der Waals surface area (Å²) in [4.78, 5) is 21.5. The Morgan fingerprint density at radius 3 is 1.52 bits per heavy atom. The Morgan fingerprint density at radius 2 is 1.11 bits per heavy atom. The summed E-state index contributed by atoms with van der Waals surface area (Å²) in [6, 6.07) is 9.69. The van der Waals surface area contributed by atoms with Crippen molar-refractivity contribution in [1.29, 1.82) is 0 Å². The molecule has 0 radical (unpaired) electrons. The van der Waals surface area contributed by atoms with Crippen LogP contribution in [0.3, 0.4) is 0 Å². The van der Waals surface area contributed by atoms with E-state index in [1.165, 1.54) is 16.4 Å². The van der Waals surface area contributed by atoms with E-state index in [0.717, 1.165) is 35.5 Å². The summed E-state index contributed by atoms with van der Waals surface area (Å²) in [5.74, 6) is -2.82. The molecule has 62 heavy (non-hydrogen) atoms. The van der Waals surface area contributed by atoms with Gasteiger partial charge in [-0.15, -0.1) is 0 Å². The summed E-state index contributed by atoms with van der Waals surface area (Å²) in [7, 11) is -2.05. The molecular weight excluding hydrogens is 868 g/mol. The maximum absolute atomic E-state index is 13.7. The summed E-state index contributed by atoms with van der Waals surface area (Å²) in [5, 5.41) is 2.93. The molecule has 0 atom stereocenters. The number of halogens is 5. The van der Waals surface area contributed by atoms with E-state index in [-0.39, 0.29) is 75.9 Å². The molecule has 1 N–H and O–H groups in total. The van der Waals surface area contributed by atoms with Gasteiger partial charge in [-0.05, 0) is 86.8 Å². The molecule has 1 saturated heterocycles. The molecule has 1 aliphatic heterocycles. The molecule has 3 saturated carbocycles. The van der Waals surface area contributed by atoms with Crippen LogP contribution in [0.15, 0.2) is 46.2 Å². The first kappa shape index (κ1) is 46.7. The smallest absolute Gasteiger partial charge is 0.261 e. The Morgan fingerprint density at radius 1 is 0.694 bits per heavy atom. The molecule has 0 unspecified atom stereocenters. The van der Waals surface area contributed by atoms with Crippen LogP contribution in [-0.2, 0) is 47.8 Å². The SMILES string of the molecule is CC(C)(C)c1nc2cc(S(=O)(=O)Cl)ccc2n1CC1CCC(F)(F)CC1.CC(C)(C)c1nc2cc(S(=O)(=O)N3CC(CNC(=O)C4CC4)C3)ccc2n1CC1CCC(F)(F)CC1. The van der Waals surface area contributed by atoms with Crippen LogP contribution in [-0.4, -0.2) is 77.6 Å². The van der Waals surface area contributed by atoms with Crippen molar-refractivity contribution in [1.82, 2.24) is 28.7 Å². The fraction of sp³-hybridized carbons (Fsp3) is 0.659. The van der Waals surface area contributed by atoms with Crippen molar-refractivity contribution >= 4 is 57.7 Å². The van der Waals surface area contributed by atoms with Crippen molar-refractivity contribution in [3.8, 4) is 0 Å². The number of imidazole rings is 2. The van der Waals surface area contributed by atoms with Crippen molar-refractivity contribution in [3.63, 3.8) is 0 Å². The second kappa shape index (κ2) is 16.9. The minimum atomic E-state index is -3.83. The number of sulfonamides is 1. The molecule has 11 nitrogen and oxygen atoms in total. The first-order chi connectivity index (χ1) is 28.7. The number of hydrogen-bond donors (Lipinski definition) is 1. The number of carbonyl (C=O) groups is 1. The topological polar surface area (TPSA) is 136 Å². The van der Waals surface area contributed by atoms with E-state index < -0.39 is 30.9 Å². The summed E-state index contributed by atoms with van der Waals surface area (Å²) in [6.45, 7) is 14.7. The molecule has 2 aromatic heterocycles. The van der Waals surface area contributed by atoms with Crippen molar-refractivity contribution in [2.45, 2.75) is 151 Å². The van der Waals surface area contributed by atoms with E-state index in [1.54, 1.807) is 24.3 Å². The number of hydrogen-bond acceptors (Lipinski definition) is 7. The molecule has 4 aliphatic rings. The summed E-state index contributed by atoms with van der Waals surface area (Å²) < 4.78 is 110. The molecule has 3 heterocycles. The van der Waals surface area contributed by atoms with Crippen LogP contribution in [0.5, 0.6) is 0 Å². The van der Waals surface area contributed by atoms with Gasteiger partial charge in [0.1, 0.15) is 11.6 Å². The molecular formula is C44H59ClF4N6O5S2. The molecule has 0 spiro atoms. The number of aromatic nitrogens is 4. The number of rotatable bonds is 10. The fourth-order valence-electron chi connectivity index (χ4n) is 8.86. The Kier molecular flexibility index (Phi) is 12.8. The van der Waals surface area contributed by atoms with Crippen molar-refractivity contribution in [3.05, 3.63) is 48.0 Å². The van der Waals surface area contributed by atoms with E-state index in [4.69, 9.17) is 15.7 Å². The number of nitrogens with one attached hydrogen (secondary N) is 1. The zero-order valence-corrected chi connectivity index (χ0v) is 38.8. The highest BCUT2D eigenvalue weighted by molar-refractivity contribution is 8.13. The van der Waals surface area contributed by atoms with Gasteiger partial charge in [0.15, 0.2) is 0 Å². The quantitative estimate of drug-likeness (QED) is 0.124. The second-order valence-electron chi connectivity index (χ2n) is 20.1. The number of benzene rings is 2. The van der Waals surface area contributed by atoms with Gasteiger partial charge in [-0.2, -0.15) is 4.31 Å². The maximum atomic E-state index is 13.7. The lowest BCUT2D eigenvalue weighted by atomic mass is 9.86. The third-order valence-corrected chi connectivity index (χ3v) is 15.9. The highest BCUT2D eigenvalue weighted by Gasteiger charge is 2.40. The number of fused-ring (bicyclic) bond motifs is 2. The average Bonchev–Trinajstić information content (AvgIpc) is 3.85. The monoisotopic (exact) mass is 926 g/mol. The van der Waals surface area contributed by atoms with Crippen LogP contribution in [0.1, 0.15) is 117 Å². The van der Waals surface area contributed by atoms with Gasteiger partial charge in [0.2, 0.25) is 27.8 Å². The van der Waals surface area contributed by atoms with E-state index in [0.29, 0.717) is 69.4 Å². The van der Waals surface area contributed by atoms with Gasteiger partial charge >= 0.3 is 0 Å². The largest absolute Gasteiger partial charge is 0.355 e. The summed E-state index contributed by atoms with van der Waals surface area (Å²) in [5.41, 5.74) is 2.25. The van der Waals surface area contributed by atoms with Gasteiger partial charge in [0.25, 0.3) is 9.05 Å². The Labute approximate surface area is 366 Å². The third-order valence-electron chi connectivity index (χ3n) is 12.7. The Bertz CT molecular complexity index is 2520. The molecule has 4 fully saturated rings. The molecule has 2 aromatic carbocycles. The second-order valence-corrected chi connectivity index (χ2v) is 24.6. The van der Waals surface area contributed by atoms with Crippen LogP contribution < -0.4 is 5.32 Å². The Balaban J connectivity index is 0.000000197. The normalized spacial score (nSPS) is 20.8.